The number of terminal acetylenes is 1. The van der Waals surface area contributed by atoms with Crippen molar-refractivity contribution < 1.29 is 16.0 Å². The van der Waals surface area contributed by atoms with Gasteiger partial charge in [0.05, 0.1) is 38.1 Å². The van der Waals surface area contributed by atoms with Crippen LogP contribution in [0.25, 0.3) is 0 Å². The molecule has 0 bridgehead atoms. The number of carbonyl (C=O) groups is 1. The molecule has 9 nitrogen and oxygen atoms in total. The minimum atomic E-state index is -3.87. The van der Waals surface area contributed by atoms with E-state index in [4.69, 9.17) is 9.16 Å². The number of hydrogen-bond donors (Lipinski definition) is 1. The maximum absolute atomic E-state index is 13.6. The van der Waals surface area contributed by atoms with Gasteiger partial charge in [-0.1, -0.05) is 5.92 Å². The third kappa shape index (κ3) is 3.30. The van der Waals surface area contributed by atoms with Gasteiger partial charge in [-0.3, -0.25) is 19.3 Å². The number of rotatable bonds is 5. The molecular weight excluding hydrogens is 416 g/mol. The lowest BCUT2D eigenvalue weighted by Gasteiger charge is -2.37. The van der Waals surface area contributed by atoms with Gasteiger partial charge in [0.25, 0.3) is 5.91 Å². The van der Waals surface area contributed by atoms with Crippen LogP contribution in [0.1, 0.15) is 38.4 Å². The Bertz CT molecular complexity index is 1360. The fourth-order valence-corrected chi connectivity index (χ4v) is 5.19. The number of amides is 1. The van der Waals surface area contributed by atoms with Crippen molar-refractivity contribution in [2.24, 2.45) is 12.0 Å². The summed E-state index contributed by atoms with van der Waals surface area (Å²) in [4.78, 5) is 20.5. The summed E-state index contributed by atoms with van der Waals surface area (Å²) < 4.78 is 47.5. The molecule has 31 heavy (non-hydrogen) atoms. The first-order chi connectivity index (χ1) is 15.5. The molecule has 1 saturated carbocycles. The summed E-state index contributed by atoms with van der Waals surface area (Å²) >= 11 is 0. The van der Waals surface area contributed by atoms with Crippen molar-refractivity contribution in [3.63, 3.8) is 0 Å². The average molecular weight is 441 g/mol. The Morgan fingerprint density at radius 1 is 1.42 bits per heavy atom. The standard InChI is InChI=1S/C21H22N6O3S/c1-4-15-11-22-20-26(13-14-10-23-25(3)12-14)19(28)17-9-16(5-6-18(17)27(15)20)31(29,30)24-21(2)7-8-21/h1,5-6,9-10,12,15,24H,7-8,11,13H2,2-3H3/t15-/m0/s1/i13D2. The second-order valence-electron chi connectivity index (χ2n) is 8.19. The summed E-state index contributed by atoms with van der Waals surface area (Å²) in [5.41, 5.74) is 0.105. The quantitative estimate of drug-likeness (QED) is 0.702. The molecule has 1 N–H and O–H groups in total. The fraction of sp³-hybridized carbons (Fsp3) is 0.381. The number of anilines is 1. The molecule has 10 heteroatoms. The number of guanidine groups is 1. The monoisotopic (exact) mass is 440 g/mol. The molecule has 0 spiro atoms. The Hall–Kier alpha value is -3.16. The van der Waals surface area contributed by atoms with E-state index in [1.54, 1.807) is 11.9 Å². The first-order valence-corrected chi connectivity index (χ1v) is 11.3. The largest absolute Gasteiger partial charge is 0.295 e. The van der Waals surface area contributed by atoms with E-state index in [2.05, 4.69) is 20.7 Å². The van der Waals surface area contributed by atoms with Gasteiger partial charge in [-0.15, -0.1) is 6.42 Å². The SMILES string of the molecule is [2H]C([2H])(c1cnn(C)c1)N1C(=O)c2cc(S(=O)(=O)NC3(C)CC3)ccc2N2C1=NC[C@@H]2C#C. The molecule has 1 aliphatic carbocycles. The van der Waals surface area contributed by atoms with Crippen LogP contribution in [0.3, 0.4) is 0 Å². The minimum absolute atomic E-state index is 0.0349. The van der Waals surface area contributed by atoms with Crippen LogP contribution in [0.15, 0.2) is 40.5 Å². The number of nitrogens with zero attached hydrogens (tertiary/aromatic N) is 5. The molecule has 3 heterocycles. The normalized spacial score (nSPS) is 22.8. The molecule has 1 aromatic carbocycles. The van der Waals surface area contributed by atoms with Crippen LogP contribution in [-0.4, -0.2) is 53.1 Å². The van der Waals surface area contributed by atoms with Gasteiger partial charge in [0.2, 0.25) is 16.0 Å². The lowest BCUT2D eigenvalue weighted by atomic mass is 10.1. The topological polar surface area (TPSA) is 99.9 Å². The maximum Gasteiger partial charge on any atom is 0.263 e. The number of aliphatic imine (C=N–C) groups is 1. The van der Waals surface area contributed by atoms with Crippen molar-refractivity contribution in [2.45, 2.75) is 42.7 Å². The summed E-state index contributed by atoms with van der Waals surface area (Å²) in [6, 6.07) is 3.69. The van der Waals surface area contributed by atoms with E-state index in [0.29, 0.717) is 5.69 Å². The predicted molar refractivity (Wildman–Crippen MR) is 115 cm³/mol. The van der Waals surface area contributed by atoms with Crippen molar-refractivity contribution in [1.29, 1.82) is 0 Å². The summed E-state index contributed by atoms with van der Waals surface area (Å²) in [6.07, 6.45) is 9.99. The molecule has 2 aliphatic heterocycles. The van der Waals surface area contributed by atoms with Crippen LogP contribution in [0.5, 0.6) is 0 Å². The van der Waals surface area contributed by atoms with E-state index in [1.807, 2.05) is 6.92 Å². The minimum Gasteiger partial charge on any atom is -0.295 e. The second-order valence-corrected chi connectivity index (χ2v) is 9.88. The number of aromatic nitrogens is 2. The van der Waals surface area contributed by atoms with Crippen LogP contribution in [0.4, 0.5) is 5.69 Å². The van der Waals surface area contributed by atoms with E-state index < -0.39 is 34.0 Å². The zero-order chi connectivity index (χ0) is 23.8. The van der Waals surface area contributed by atoms with Crippen LogP contribution >= 0.6 is 0 Å². The predicted octanol–water partition coefficient (Wildman–Crippen LogP) is 1.08. The molecule has 2 aromatic rings. The van der Waals surface area contributed by atoms with Crippen molar-refractivity contribution in [1.82, 2.24) is 19.4 Å². The summed E-state index contributed by atoms with van der Waals surface area (Å²) in [7, 11) is -2.23. The highest BCUT2D eigenvalue weighted by Crippen LogP contribution is 2.38. The van der Waals surface area contributed by atoms with E-state index >= 15 is 0 Å². The average Bonchev–Trinajstić information content (AvgIpc) is 3.14. The Morgan fingerprint density at radius 3 is 2.84 bits per heavy atom. The molecule has 1 atom stereocenters. The van der Waals surface area contributed by atoms with Crippen LogP contribution in [0, 0.1) is 12.3 Å². The highest BCUT2D eigenvalue weighted by Gasteiger charge is 2.44. The van der Waals surface area contributed by atoms with Crippen LogP contribution < -0.4 is 9.62 Å². The van der Waals surface area contributed by atoms with Crippen molar-refractivity contribution in [3.05, 3.63) is 41.7 Å². The van der Waals surface area contributed by atoms with Crippen molar-refractivity contribution >= 4 is 27.6 Å². The molecule has 5 rings (SSSR count). The highest BCUT2D eigenvalue weighted by atomic mass is 32.2. The number of nitrogens with one attached hydrogen (secondary N) is 1. The number of benzene rings is 1. The smallest absolute Gasteiger partial charge is 0.263 e. The van der Waals surface area contributed by atoms with Gasteiger partial charge in [0, 0.05) is 24.3 Å². The molecular formula is C21H22N6O3S. The molecule has 160 valence electrons. The highest BCUT2D eigenvalue weighted by molar-refractivity contribution is 7.89. The number of fused-ring (bicyclic) bond motifs is 3. The molecule has 1 amide bonds. The molecule has 0 saturated heterocycles. The van der Waals surface area contributed by atoms with Crippen molar-refractivity contribution in [2.75, 3.05) is 11.4 Å². The Balaban J connectivity index is 1.64. The summed E-state index contributed by atoms with van der Waals surface area (Å²) in [6.45, 7) is -0.306. The van der Waals surface area contributed by atoms with Gasteiger partial charge in [0.1, 0.15) is 6.04 Å². The fourth-order valence-electron chi connectivity index (χ4n) is 3.70. The third-order valence-corrected chi connectivity index (χ3v) is 7.26. The number of hydrogen-bond acceptors (Lipinski definition) is 6. The van der Waals surface area contributed by atoms with Gasteiger partial charge in [0.15, 0.2) is 0 Å². The van der Waals surface area contributed by atoms with Gasteiger partial charge in [-0.05, 0) is 38.0 Å². The van der Waals surface area contributed by atoms with Crippen LogP contribution in [-0.2, 0) is 23.6 Å². The van der Waals surface area contributed by atoms with Gasteiger partial charge in [-0.25, -0.2) is 18.1 Å². The number of aryl methyl sites for hydroxylation is 1. The Morgan fingerprint density at radius 2 is 2.19 bits per heavy atom. The maximum atomic E-state index is 13.6. The lowest BCUT2D eigenvalue weighted by Crippen LogP contribution is -2.52. The van der Waals surface area contributed by atoms with E-state index in [0.717, 1.165) is 17.7 Å². The molecule has 3 aliphatic rings. The Labute approximate surface area is 183 Å². The number of carbonyl (C=O) groups excluding carboxylic acids is 1. The molecule has 1 aromatic heterocycles. The lowest BCUT2D eigenvalue weighted by molar-refractivity contribution is 0.0833. The third-order valence-electron chi connectivity index (χ3n) is 5.62. The molecule has 0 unspecified atom stereocenters. The zero-order valence-electron chi connectivity index (χ0n) is 19.0. The van der Waals surface area contributed by atoms with Gasteiger partial charge in [-0.2, -0.15) is 5.10 Å². The summed E-state index contributed by atoms with van der Waals surface area (Å²) in [5.74, 6) is 2.00. The van der Waals surface area contributed by atoms with Crippen molar-refractivity contribution in [3.8, 4) is 12.3 Å². The van der Waals surface area contributed by atoms with Crippen LogP contribution in [0.2, 0.25) is 0 Å². The zero-order valence-corrected chi connectivity index (χ0v) is 17.8. The van der Waals surface area contributed by atoms with Gasteiger partial charge >= 0.3 is 0 Å². The molecule has 0 radical (unpaired) electrons. The van der Waals surface area contributed by atoms with E-state index in [-0.39, 0.29) is 28.5 Å². The van der Waals surface area contributed by atoms with E-state index in [1.165, 1.54) is 35.3 Å². The second kappa shape index (κ2) is 6.67. The summed E-state index contributed by atoms with van der Waals surface area (Å²) in [5, 5.41) is 4.02. The Kier molecular flexibility index (Phi) is 3.77. The van der Waals surface area contributed by atoms with E-state index in [9.17, 15) is 13.2 Å². The molecule has 1 fully saturated rings. The van der Waals surface area contributed by atoms with Gasteiger partial charge < -0.3 is 0 Å². The number of sulfonamides is 1. The first kappa shape index (κ1) is 17.5. The first-order valence-electron chi connectivity index (χ1n) is 10.8.